The van der Waals surface area contributed by atoms with Gasteiger partial charge in [-0.25, -0.2) is 0 Å². The first kappa shape index (κ1) is 15.3. The Kier molecular flexibility index (Phi) is 3.44. The molecule has 3 rings (SSSR count). The maximum absolute atomic E-state index is 12.7. The largest absolute Gasteiger partial charge is 0.468 e. The third kappa shape index (κ3) is 1.81. The lowest BCUT2D eigenvalue weighted by Crippen LogP contribution is -2.66. The molecular formula is C17H23NO4. The average Bonchev–Trinajstić information content (AvgIpc) is 2.97. The molecule has 1 fully saturated rings. The SMILES string of the molecule is COC(=O)C1C(=O)c2cccn2C2(CCC(C)CC2)C1(C)O. The monoisotopic (exact) mass is 305 g/mol. The molecule has 1 saturated carbocycles. The van der Waals surface area contributed by atoms with E-state index in [9.17, 15) is 14.7 Å². The molecule has 0 bridgehead atoms. The van der Waals surface area contributed by atoms with E-state index in [1.165, 1.54) is 7.11 Å². The molecule has 2 atom stereocenters. The first-order valence-electron chi connectivity index (χ1n) is 7.87. The smallest absolute Gasteiger partial charge is 0.319 e. The van der Waals surface area contributed by atoms with Crippen molar-refractivity contribution in [1.29, 1.82) is 0 Å². The average molecular weight is 305 g/mol. The number of ketones is 1. The number of ether oxygens (including phenoxy) is 1. The highest BCUT2D eigenvalue weighted by molar-refractivity contribution is 6.10. The van der Waals surface area contributed by atoms with Gasteiger partial charge in [-0.15, -0.1) is 0 Å². The van der Waals surface area contributed by atoms with Crippen LogP contribution < -0.4 is 0 Å². The van der Waals surface area contributed by atoms with Crippen molar-refractivity contribution in [2.45, 2.75) is 50.7 Å². The Hall–Kier alpha value is -1.62. The van der Waals surface area contributed by atoms with E-state index < -0.39 is 23.0 Å². The van der Waals surface area contributed by atoms with Gasteiger partial charge in [-0.1, -0.05) is 6.92 Å². The van der Waals surface area contributed by atoms with Crippen LogP contribution in [0.5, 0.6) is 0 Å². The normalized spacial score (nSPS) is 37.9. The van der Waals surface area contributed by atoms with Gasteiger partial charge in [0.25, 0.3) is 0 Å². The summed E-state index contributed by atoms with van der Waals surface area (Å²) in [5, 5.41) is 11.3. The quantitative estimate of drug-likeness (QED) is 0.637. The molecule has 2 aliphatic rings. The van der Waals surface area contributed by atoms with Crippen LogP contribution in [0.2, 0.25) is 0 Å². The first-order chi connectivity index (χ1) is 10.3. The van der Waals surface area contributed by atoms with E-state index in [2.05, 4.69) is 6.92 Å². The van der Waals surface area contributed by atoms with Crippen molar-refractivity contribution >= 4 is 11.8 Å². The van der Waals surface area contributed by atoms with Crippen LogP contribution in [0.4, 0.5) is 0 Å². The van der Waals surface area contributed by atoms with E-state index >= 15 is 0 Å². The van der Waals surface area contributed by atoms with Crippen molar-refractivity contribution in [1.82, 2.24) is 4.57 Å². The van der Waals surface area contributed by atoms with Crippen molar-refractivity contribution < 1.29 is 19.4 Å². The molecule has 5 nitrogen and oxygen atoms in total. The molecule has 1 spiro atoms. The Balaban J connectivity index is 2.18. The predicted octanol–water partition coefficient (Wildman–Crippen LogP) is 2.13. The molecule has 2 unspecified atom stereocenters. The zero-order chi connectivity index (χ0) is 16.1. The third-order valence-electron chi connectivity index (χ3n) is 5.77. The fourth-order valence-electron chi connectivity index (χ4n) is 4.31. The van der Waals surface area contributed by atoms with Gasteiger partial charge in [-0.3, -0.25) is 9.59 Å². The number of methoxy groups -OCH3 is 1. The second-order valence-corrected chi connectivity index (χ2v) is 6.95. The molecule has 0 saturated heterocycles. The van der Waals surface area contributed by atoms with Gasteiger partial charge in [0.15, 0.2) is 11.7 Å². The van der Waals surface area contributed by atoms with E-state index in [1.54, 1.807) is 13.0 Å². The zero-order valence-corrected chi connectivity index (χ0v) is 13.3. The Morgan fingerprint density at radius 2 is 2.05 bits per heavy atom. The molecule has 0 radical (unpaired) electrons. The van der Waals surface area contributed by atoms with Crippen LogP contribution in [0.3, 0.4) is 0 Å². The van der Waals surface area contributed by atoms with Gasteiger partial charge in [-0.05, 0) is 50.7 Å². The molecule has 1 aliphatic carbocycles. The lowest BCUT2D eigenvalue weighted by atomic mass is 9.60. The first-order valence-corrected chi connectivity index (χ1v) is 7.87. The van der Waals surface area contributed by atoms with Crippen molar-refractivity contribution in [3.05, 3.63) is 24.0 Å². The Labute approximate surface area is 130 Å². The van der Waals surface area contributed by atoms with Crippen molar-refractivity contribution in [3.63, 3.8) is 0 Å². The maximum Gasteiger partial charge on any atom is 0.319 e. The number of aliphatic hydroxyl groups is 1. The summed E-state index contributed by atoms with van der Waals surface area (Å²) in [4.78, 5) is 24.9. The number of hydrogen-bond acceptors (Lipinski definition) is 4. The fourth-order valence-corrected chi connectivity index (χ4v) is 4.31. The molecule has 120 valence electrons. The Bertz CT molecular complexity index is 608. The van der Waals surface area contributed by atoms with Gasteiger partial charge in [0.1, 0.15) is 5.60 Å². The number of aromatic nitrogens is 1. The predicted molar refractivity (Wildman–Crippen MR) is 80.5 cm³/mol. The summed E-state index contributed by atoms with van der Waals surface area (Å²) in [5.41, 5.74) is -1.58. The summed E-state index contributed by atoms with van der Waals surface area (Å²) in [5.74, 6) is -1.57. The number of nitrogens with zero attached hydrogens (tertiary/aromatic N) is 1. The van der Waals surface area contributed by atoms with E-state index in [4.69, 9.17) is 4.74 Å². The topological polar surface area (TPSA) is 68.5 Å². The highest BCUT2D eigenvalue weighted by Gasteiger charge is 2.62. The van der Waals surface area contributed by atoms with E-state index in [0.29, 0.717) is 11.6 Å². The zero-order valence-electron chi connectivity index (χ0n) is 13.3. The van der Waals surface area contributed by atoms with E-state index in [0.717, 1.165) is 25.7 Å². The summed E-state index contributed by atoms with van der Waals surface area (Å²) in [7, 11) is 1.26. The van der Waals surface area contributed by atoms with Crippen LogP contribution in [0.15, 0.2) is 18.3 Å². The number of rotatable bonds is 1. The molecule has 1 N–H and O–H groups in total. The highest BCUT2D eigenvalue weighted by atomic mass is 16.5. The number of esters is 1. The lowest BCUT2D eigenvalue weighted by molar-refractivity contribution is -0.167. The summed E-state index contributed by atoms with van der Waals surface area (Å²) >= 11 is 0. The van der Waals surface area contributed by atoms with Crippen LogP contribution in [-0.2, 0) is 15.1 Å². The van der Waals surface area contributed by atoms with Gasteiger partial charge in [0.2, 0.25) is 0 Å². The minimum atomic E-state index is -1.46. The van der Waals surface area contributed by atoms with Crippen molar-refractivity contribution in [2.75, 3.05) is 7.11 Å². The molecule has 0 amide bonds. The van der Waals surface area contributed by atoms with Crippen LogP contribution in [-0.4, -0.2) is 34.1 Å². The number of carbonyl (C=O) groups excluding carboxylic acids is 2. The maximum atomic E-state index is 12.7. The molecule has 2 heterocycles. The van der Waals surface area contributed by atoms with Crippen LogP contribution in [0.1, 0.15) is 50.0 Å². The summed E-state index contributed by atoms with van der Waals surface area (Å²) in [6.07, 6.45) is 5.30. The number of fused-ring (bicyclic) bond motifs is 2. The minimum absolute atomic E-state index is 0.355. The molecule has 5 heteroatoms. The molecular weight excluding hydrogens is 282 g/mol. The van der Waals surface area contributed by atoms with Gasteiger partial charge in [0, 0.05) is 6.20 Å². The number of Topliss-reactive ketones (excluding diaryl/α,β-unsaturated/α-hetero) is 1. The fraction of sp³-hybridized carbons (Fsp3) is 0.647. The molecule has 1 aromatic heterocycles. The standard InChI is InChI=1S/C17H23NO4/c1-11-6-8-17(9-7-11)16(2,21)13(15(20)22-3)14(19)12-5-4-10-18(12)17/h4-5,10-11,13,21H,6-9H2,1-3H3. The molecule has 22 heavy (non-hydrogen) atoms. The third-order valence-corrected chi connectivity index (χ3v) is 5.77. The Morgan fingerprint density at radius 1 is 1.41 bits per heavy atom. The van der Waals surface area contributed by atoms with Crippen LogP contribution in [0.25, 0.3) is 0 Å². The lowest BCUT2D eigenvalue weighted by Gasteiger charge is -2.55. The second-order valence-electron chi connectivity index (χ2n) is 6.95. The van der Waals surface area contributed by atoms with Crippen LogP contribution in [0, 0.1) is 11.8 Å². The number of hydrogen-bond donors (Lipinski definition) is 1. The van der Waals surface area contributed by atoms with Crippen molar-refractivity contribution in [2.24, 2.45) is 11.8 Å². The molecule has 1 aromatic rings. The Morgan fingerprint density at radius 3 is 2.64 bits per heavy atom. The minimum Gasteiger partial charge on any atom is -0.468 e. The van der Waals surface area contributed by atoms with Gasteiger partial charge >= 0.3 is 5.97 Å². The summed E-state index contributed by atoms with van der Waals surface area (Å²) in [6, 6.07) is 3.54. The molecule has 1 aliphatic heterocycles. The van der Waals surface area contributed by atoms with E-state index in [-0.39, 0.29) is 5.78 Å². The second kappa shape index (κ2) is 4.95. The summed E-state index contributed by atoms with van der Waals surface area (Å²) < 4.78 is 6.72. The highest BCUT2D eigenvalue weighted by Crippen LogP contribution is 2.52. The summed E-state index contributed by atoms with van der Waals surface area (Å²) in [6.45, 7) is 3.81. The van der Waals surface area contributed by atoms with Gasteiger partial charge < -0.3 is 14.4 Å². The van der Waals surface area contributed by atoms with Crippen molar-refractivity contribution in [3.8, 4) is 0 Å². The number of carbonyl (C=O) groups is 2. The van der Waals surface area contributed by atoms with Crippen LogP contribution >= 0.6 is 0 Å². The van der Waals surface area contributed by atoms with Gasteiger partial charge in [0.05, 0.1) is 18.3 Å². The van der Waals surface area contributed by atoms with Gasteiger partial charge in [-0.2, -0.15) is 0 Å². The molecule has 0 aromatic carbocycles. The van der Waals surface area contributed by atoms with E-state index in [1.807, 2.05) is 16.8 Å².